The van der Waals surface area contributed by atoms with E-state index in [-0.39, 0.29) is 17.1 Å². The minimum Gasteiger partial charge on any atom is -0.495 e. The highest BCUT2D eigenvalue weighted by Gasteiger charge is 2.48. The Balaban J connectivity index is 1.89. The topological polar surface area (TPSA) is 86.2 Å². The van der Waals surface area contributed by atoms with Gasteiger partial charge in [-0.3, -0.25) is 14.6 Å². The predicted molar refractivity (Wildman–Crippen MR) is 136 cm³/mol. The van der Waals surface area contributed by atoms with Crippen molar-refractivity contribution in [3.05, 3.63) is 59.3 Å². The predicted octanol–water partition coefficient (Wildman–Crippen LogP) is 5.17. The summed E-state index contributed by atoms with van der Waals surface area (Å²) in [6.45, 7) is 5.98. The van der Waals surface area contributed by atoms with Gasteiger partial charge in [0, 0.05) is 34.9 Å². The minimum absolute atomic E-state index is 0.0740. The van der Waals surface area contributed by atoms with Gasteiger partial charge in [0.1, 0.15) is 11.5 Å². The Hall–Kier alpha value is -3.61. The number of benzene rings is 2. The summed E-state index contributed by atoms with van der Waals surface area (Å²) in [4.78, 5) is 32.2. The van der Waals surface area contributed by atoms with E-state index in [1.807, 2.05) is 31.2 Å². The van der Waals surface area contributed by atoms with E-state index in [9.17, 15) is 9.59 Å². The van der Waals surface area contributed by atoms with Crippen LogP contribution in [0.3, 0.4) is 0 Å². The molecule has 1 saturated carbocycles. The molecule has 35 heavy (non-hydrogen) atoms. The van der Waals surface area contributed by atoms with Crippen molar-refractivity contribution in [3.8, 4) is 17.2 Å². The molecule has 0 saturated heterocycles. The molecule has 2 aromatic rings. The maximum Gasteiger partial charge on any atom is 0.254 e. The molecule has 2 aliphatic rings. The van der Waals surface area contributed by atoms with Crippen LogP contribution in [0.1, 0.15) is 45.1 Å². The smallest absolute Gasteiger partial charge is 0.254 e. The van der Waals surface area contributed by atoms with Gasteiger partial charge in [0.25, 0.3) is 5.91 Å². The first kappa shape index (κ1) is 24.5. The first-order valence-corrected chi connectivity index (χ1v) is 11.7. The summed E-state index contributed by atoms with van der Waals surface area (Å²) in [5, 5.41) is 2.98. The summed E-state index contributed by atoms with van der Waals surface area (Å²) in [5.41, 5.74) is 2.91. The van der Waals surface area contributed by atoms with E-state index >= 15 is 0 Å². The molecule has 7 nitrogen and oxygen atoms in total. The standard InChI is InChI=1S/C28H32N2O5/c1-16-23(27(32)30-18-11-7-8-12-21(18)33-4)24(17-10-9-13-22(34-5)26(17)35-6)25-19(29-16)14-28(2,3)15-20(25)31/h7-13,24-25H,14-15H2,1-6H3,(H,30,32)/t24-,25+/m1/s1. The van der Waals surface area contributed by atoms with Gasteiger partial charge in [0.2, 0.25) is 0 Å². The number of hydrogen-bond acceptors (Lipinski definition) is 6. The molecule has 0 aromatic heterocycles. The van der Waals surface area contributed by atoms with Crippen LogP contribution in [0.15, 0.2) is 58.7 Å². The molecule has 0 spiro atoms. The van der Waals surface area contributed by atoms with Gasteiger partial charge in [-0.05, 0) is 37.0 Å². The van der Waals surface area contributed by atoms with Gasteiger partial charge in [0.05, 0.1) is 32.9 Å². The second-order valence-corrected chi connectivity index (χ2v) is 9.78. The van der Waals surface area contributed by atoms with Crippen LogP contribution in [0.5, 0.6) is 17.2 Å². The number of allylic oxidation sites excluding steroid dienone is 1. The normalized spacial score (nSPS) is 21.1. The molecule has 1 aliphatic carbocycles. The lowest BCUT2D eigenvalue weighted by molar-refractivity contribution is -0.124. The number of nitrogens with one attached hydrogen (secondary N) is 1. The number of carbonyl (C=O) groups is 2. The molecule has 0 radical (unpaired) electrons. The van der Waals surface area contributed by atoms with E-state index in [1.54, 1.807) is 39.5 Å². The molecule has 1 heterocycles. The van der Waals surface area contributed by atoms with Crippen molar-refractivity contribution in [1.29, 1.82) is 0 Å². The Morgan fingerprint density at radius 3 is 2.31 bits per heavy atom. The zero-order chi connectivity index (χ0) is 25.3. The third kappa shape index (κ3) is 4.55. The van der Waals surface area contributed by atoms with Crippen LogP contribution >= 0.6 is 0 Å². The second-order valence-electron chi connectivity index (χ2n) is 9.78. The van der Waals surface area contributed by atoms with Crippen LogP contribution in [-0.4, -0.2) is 38.7 Å². The lowest BCUT2D eigenvalue weighted by Gasteiger charge is -2.41. The number of nitrogens with zero attached hydrogens (tertiary/aromatic N) is 1. The van der Waals surface area contributed by atoms with Gasteiger partial charge in [-0.2, -0.15) is 0 Å². The molecular weight excluding hydrogens is 444 g/mol. The molecule has 7 heteroatoms. The number of amides is 1. The minimum atomic E-state index is -0.564. The summed E-state index contributed by atoms with van der Waals surface area (Å²) < 4.78 is 16.7. The van der Waals surface area contributed by atoms with Crippen molar-refractivity contribution in [2.45, 2.75) is 39.5 Å². The molecule has 1 amide bonds. The molecule has 0 bridgehead atoms. The van der Waals surface area contributed by atoms with Gasteiger partial charge in [-0.15, -0.1) is 0 Å². The van der Waals surface area contributed by atoms with E-state index in [0.717, 1.165) is 11.3 Å². The van der Waals surface area contributed by atoms with Crippen molar-refractivity contribution >= 4 is 23.1 Å². The molecule has 0 unspecified atom stereocenters. The molecule has 1 N–H and O–H groups in total. The average molecular weight is 477 g/mol. The highest BCUT2D eigenvalue weighted by molar-refractivity contribution is 6.14. The summed E-state index contributed by atoms with van der Waals surface area (Å²) in [6, 6.07) is 12.8. The molecule has 1 fully saturated rings. The number of fused-ring (bicyclic) bond motifs is 1. The van der Waals surface area contributed by atoms with Crippen molar-refractivity contribution < 1.29 is 23.8 Å². The summed E-state index contributed by atoms with van der Waals surface area (Å²) in [7, 11) is 4.69. The van der Waals surface area contributed by atoms with Gasteiger partial charge in [0.15, 0.2) is 11.5 Å². The van der Waals surface area contributed by atoms with Gasteiger partial charge < -0.3 is 19.5 Å². The second kappa shape index (κ2) is 9.56. The van der Waals surface area contributed by atoms with E-state index in [4.69, 9.17) is 19.2 Å². The number of anilines is 1. The summed E-state index contributed by atoms with van der Waals surface area (Å²) >= 11 is 0. The van der Waals surface area contributed by atoms with Crippen molar-refractivity contribution in [3.63, 3.8) is 0 Å². The fraction of sp³-hybridized carbons (Fsp3) is 0.393. The van der Waals surface area contributed by atoms with Gasteiger partial charge >= 0.3 is 0 Å². The zero-order valence-corrected chi connectivity index (χ0v) is 21.1. The first-order chi connectivity index (χ1) is 16.7. The number of ether oxygens (including phenoxy) is 3. The number of carbonyl (C=O) groups excluding carboxylic acids is 2. The maximum atomic E-state index is 13.8. The molecule has 1 aliphatic heterocycles. The number of aliphatic imine (C=N–C) groups is 1. The third-order valence-electron chi connectivity index (χ3n) is 6.73. The van der Waals surface area contributed by atoms with E-state index in [0.29, 0.717) is 47.0 Å². The SMILES string of the molecule is COc1ccccc1NC(=O)C1=C(C)N=C2CC(C)(C)CC(=O)[C@H]2[C@@H]1c1cccc(OC)c1OC. The number of hydrogen-bond donors (Lipinski definition) is 1. The summed E-state index contributed by atoms with van der Waals surface area (Å²) in [5.74, 6) is 0.225. The Morgan fingerprint density at radius 1 is 0.943 bits per heavy atom. The lowest BCUT2D eigenvalue weighted by Crippen LogP contribution is -2.44. The van der Waals surface area contributed by atoms with E-state index in [2.05, 4.69) is 19.2 Å². The average Bonchev–Trinajstić information content (AvgIpc) is 2.81. The fourth-order valence-corrected chi connectivity index (χ4v) is 5.32. The number of ketones is 1. The van der Waals surface area contributed by atoms with Crippen LogP contribution in [0.2, 0.25) is 0 Å². The Morgan fingerprint density at radius 2 is 1.63 bits per heavy atom. The van der Waals surface area contributed by atoms with Crippen LogP contribution < -0.4 is 19.5 Å². The largest absolute Gasteiger partial charge is 0.495 e. The van der Waals surface area contributed by atoms with Crippen LogP contribution in [-0.2, 0) is 9.59 Å². The van der Waals surface area contributed by atoms with E-state index < -0.39 is 11.8 Å². The van der Waals surface area contributed by atoms with Crippen LogP contribution in [0.4, 0.5) is 5.69 Å². The number of methoxy groups -OCH3 is 3. The van der Waals surface area contributed by atoms with Gasteiger partial charge in [-0.25, -0.2) is 0 Å². The molecule has 4 rings (SSSR count). The molecular formula is C28H32N2O5. The highest BCUT2D eigenvalue weighted by Crippen LogP contribution is 2.50. The van der Waals surface area contributed by atoms with Crippen LogP contribution in [0.25, 0.3) is 0 Å². The zero-order valence-electron chi connectivity index (χ0n) is 21.1. The van der Waals surface area contributed by atoms with Crippen molar-refractivity contribution in [1.82, 2.24) is 0 Å². The Bertz CT molecular complexity index is 1230. The van der Waals surface area contributed by atoms with Crippen molar-refractivity contribution in [2.75, 3.05) is 26.6 Å². The first-order valence-electron chi connectivity index (χ1n) is 11.7. The number of rotatable bonds is 6. The fourth-order valence-electron chi connectivity index (χ4n) is 5.32. The van der Waals surface area contributed by atoms with E-state index in [1.165, 1.54) is 0 Å². The number of para-hydroxylation sites is 3. The lowest BCUT2D eigenvalue weighted by atomic mass is 9.63. The highest BCUT2D eigenvalue weighted by atomic mass is 16.5. The molecule has 2 aromatic carbocycles. The maximum absolute atomic E-state index is 13.8. The van der Waals surface area contributed by atoms with Crippen molar-refractivity contribution in [2.24, 2.45) is 16.3 Å². The third-order valence-corrected chi connectivity index (χ3v) is 6.73. The monoisotopic (exact) mass is 476 g/mol. The quantitative estimate of drug-likeness (QED) is 0.622. The van der Waals surface area contributed by atoms with Gasteiger partial charge in [-0.1, -0.05) is 38.1 Å². The summed E-state index contributed by atoms with van der Waals surface area (Å²) in [6.07, 6.45) is 1.10. The number of Topliss-reactive ketones (excluding diaryl/α,β-unsaturated/α-hetero) is 1. The van der Waals surface area contributed by atoms with Crippen LogP contribution in [0, 0.1) is 11.3 Å². The Labute approximate surface area is 206 Å². The Kier molecular flexibility index (Phi) is 6.70. The molecule has 2 atom stereocenters. The molecule has 184 valence electrons.